The highest BCUT2D eigenvalue weighted by Crippen LogP contribution is 2.28. The summed E-state index contributed by atoms with van der Waals surface area (Å²) >= 11 is 0. The van der Waals surface area contributed by atoms with Gasteiger partial charge in [0.1, 0.15) is 12.4 Å². The highest BCUT2D eigenvalue weighted by molar-refractivity contribution is 5.87. The molecule has 0 unspecified atom stereocenters. The maximum atomic E-state index is 6.18. The third kappa shape index (κ3) is 3.95. The Balaban J connectivity index is 1.86. The highest BCUT2D eigenvalue weighted by Gasteiger charge is 2.09. The molecule has 2 nitrogen and oxygen atoms in total. The Morgan fingerprint density at radius 1 is 0.958 bits per heavy atom. The van der Waals surface area contributed by atoms with Gasteiger partial charge in [-0.1, -0.05) is 67.1 Å². The first kappa shape index (κ1) is 16.5. The number of hydrogen-bond donors (Lipinski definition) is 1. The molecule has 124 valence electrons. The molecule has 3 aromatic carbocycles. The number of ether oxygens (including phenoxy) is 1. The molecule has 0 aliphatic heterocycles. The molecule has 1 N–H and O–H groups in total. The van der Waals surface area contributed by atoms with Crippen LogP contribution in [-0.4, -0.2) is 6.54 Å². The Morgan fingerprint density at radius 2 is 1.83 bits per heavy atom. The van der Waals surface area contributed by atoms with Crippen LogP contribution in [0.3, 0.4) is 0 Å². The van der Waals surface area contributed by atoms with Crippen molar-refractivity contribution in [2.75, 3.05) is 6.54 Å². The zero-order chi connectivity index (χ0) is 16.8. The van der Waals surface area contributed by atoms with Gasteiger partial charge in [0.2, 0.25) is 0 Å². The number of benzene rings is 3. The minimum absolute atomic E-state index is 0.598. The molecule has 24 heavy (non-hydrogen) atoms. The Hall–Kier alpha value is -2.32. The normalized spacial score (nSPS) is 10.9. The second kappa shape index (κ2) is 7.98. The van der Waals surface area contributed by atoms with E-state index in [1.807, 2.05) is 0 Å². The van der Waals surface area contributed by atoms with E-state index < -0.39 is 0 Å². The van der Waals surface area contributed by atoms with Crippen molar-refractivity contribution in [3.05, 3.63) is 77.4 Å². The van der Waals surface area contributed by atoms with Gasteiger partial charge in [0.15, 0.2) is 0 Å². The summed E-state index contributed by atoms with van der Waals surface area (Å²) in [5.74, 6) is 0.971. The Morgan fingerprint density at radius 3 is 2.67 bits per heavy atom. The van der Waals surface area contributed by atoms with Gasteiger partial charge in [-0.05, 0) is 42.3 Å². The Kier molecular flexibility index (Phi) is 5.50. The van der Waals surface area contributed by atoms with Gasteiger partial charge in [0.25, 0.3) is 0 Å². The molecule has 0 atom stereocenters. The van der Waals surface area contributed by atoms with Crippen molar-refractivity contribution in [1.29, 1.82) is 0 Å². The predicted molar refractivity (Wildman–Crippen MR) is 101 cm³/mol. The van der Waals surface area contributed by atoms with E-state index in [1.54, 1.807) is 0 Å². The first-order chi connectivity index (χ1) is 11.8. The molecule has 0 radical (unpaired) electrons. The van der Waals surface area contributed by atoms with Crippen LogP contribution in [0.25, 0.3) is 10.8 Å². The van der Waals surface area contributed by atoms with E-state index in [9.17, 15) is 0 Å². The van der Waals surface area contributed by atoms with Crippen molar-refractivity contribution in [2.45, 2.75) is 33.4 Å². The zero-order valence-corrected chi connectivity index (χ0v) is 14.5. The summed E-state index contributed by atoms with van der Waals surface area (Å²) in [4.78, 5) is 0. The second-order valence-corrected chi connectivity index (χ2v) is 6.22. The average Bonchev–Trinajstić information content (AvgIpc) is 2.61. The molecule has 0 aromatic heterocycles. The summed E-state index contributed by atoms with van der Waals surface area (Å²) in [6.07, 6.45) is 1.13. The van der Waals surface area contributed by atoms with E-state index in [4.69, 9.17) is 4.74 Å². The van der Waals surface area contributed by atoms with Crippen LogP contribution in [0.1, 0.15) is 30.0 Å². The first-order valence-electron chi connectivity index (χ1n) is 8.67. The zero-order valence-electron chi connectivity index (χ0n) is 14.5. The molecular weight excluding hydrogens is 294 g/mol. The third-order valence-electron chi connectivity index (χ3n) is 4.20. The fraction of sp³-hybridized carbons (Fsp3) is 0.273. The quantitative estimate of drug-likeness (QED) is 0.602. The van der Waals surface area contributed by atoms with Gasteiger partial charge >= 0.3 is 0 Å². The minimum atomic E-state index is 0.598. The lowest BCUT2D eigenvalue weighted by Crippen LogP contribution is -2.15. The number of nitrogens with one attached hydrogen (secondary N) is 1. The van der Waals surface area contributed by atoms with Crippen molar-refractivity contribution >= 4 is 10.8 Å². The molecule has 0 heterocycles. The molecule has 3 aromatic rings. The van der Waals surface area contributed by atoms with Crippen LogP contribution in [-0.2, 0) is 13.2 Å². The predicted octanol–water partition coefficient (Wildman–Crippen LogP) is 5.23. The van der Waals surface area contributed by atoms with Crippen LogP contribution in [0.15, 0.2) is 60.7 Å². The van der Waals surface area contributed by atoms with Crippen LogP contribution >= 0.6 is 0 Å². The molecule has 0 saturated carbocycles. The minimum Gasteiger partial charge on any atom is -0.489 e. The van der Waals surface area contributed by atoms with Gasteiger partial charge in [0, 0.05) is 12.1 Å². The number of hydrogen-bond acceptors (Lipinski definition) is 2. The molecule has 0 fully saturated rings. The maximum absolute atomic E-state index is 6.18. The van der Waals surface area contributed by atoms with Crippen molar-refractivity contribution in [1.82, 2.24) is 5.32 Å². The molecule has 0 aliphatic rings. The Labute approximate surface area is 144 Å². The van der Waals surface area contributed by atoms with Crippen molar-refractivity contribution in [3.63, 3.8) is 0 Å². The average molecular weight is 319 g/mol. The monoisotopic (exact) mass is 319 g/mol. The van der Waals surface area contributed by atoms with Gasteiger partial charge in [-0.25, -0.2) is 0 Å². The molecule has 3 rings (SSSR count). The first-order valence-corrected chi connectivity index (χ1v) is 8.67. The molecule has 0 spiro atoms. The fourth-order valence-electron chi connectivity index (χ4n) is 2.99. The molecule has 2 heteroatoms. The topological polar surface area (TPSA) is 21.3 Å². The van der Waals surface area contributed by atoms with Crippen LogP contribution in [0.2, 0.25) is 0 Å². The fourth-order valence-corrected chi connectivity index (χ4v) is 2.99. The molecule has 0 bridgehead atoms. The number of aryl methyl sites for hydroxylation is 1. The van der Waals surface area contributed by atoms with Crippen molar-refractivity contribution in [3.8, 4) is 5.75 Å². The van der Waals surface area contributed by atoms with Gasteiger partial charge in [0.05, 0.1) is 0 Å². The van der Waals surface area contributed by atoms with Gasteiger partial charge in [-0.15, -0.1) is 0 Å². The summed E-state index contributed by atoms with van der Waals surface area (Å²) in [5.41, 5.74) is 3.71. The summed E-state index contributed by atoms with van der Waals surface area (Å²) in [6, 6.07) is 21.2. The SMILES string of the molecule is CCCNCc1c(OCc2cccc(C)c2)ccc2ccccc12. The lowest BCUT2D eigenvalue weighted by molar-refractivity contribution is 0.302. The van der Waals surface area contributed by atoms with Gasteiger partial charge < -0.3 is 10.1 Å². The summed E-state index contributed by atoms with van der Waals surface area (Å²) < 4.78 is 6.18. The maximum Gasteiger partial charge on any atom is 0.124 e. The molecule has 0 amide bonds. The van der Waals surface area contributed by atoms with Crippen molar-refractivity contribution in [2.24, 2.45) is 0 Å². The second-order valence-electron chi connectivity index (χ2n) is 6.22. The van der Waals surface area contributed by atoms with E-state index >= 15 is 0 Å². The van der Waals surface area contributed by atoms with Crippen LogP contribution < -0.4 is 10.1 Å². The summed E-state index contributed by atoms with van der Waals surface area (Å²) in [7, 11) is 0. The van der Waals surface area contributed by atoms with Crippen LogP contribution in [0.5, 0.6) is 5.75 Å². The molecular formula is C22H25NO. The smallest absolute Gasteiger partial charge is 0.124 e. The summed E-state index contributed by atoms with van der Waals surface area (Å²) in [6.45, 7) is 6.74. The van der Waals surface area contributed by atoms with Crippen LogP contribution in [0, 0.1) is 6.92 Å². The van der Waals surface area contributed by atoms with Crippen molar-refractivity contribution < 1.29 is 4.74 Å². The van der Waals surface area contributed by atoms with E-state index in [0.29, 0.717) is 6.61 Å². The number of fused-ring (bicyclic) bond motifs is 1. The lowest BCUT2D eigenvalue weighted by Gasteiger charge is -2.15. The standard InChI is InChI=1S/C22H25NO/c1-3-13-23-15-21-20-10-5-4-9-19(20)11-12-22(21)24-16-18-8-6-7-17(2)14-18/h4-12,14,23H,3,13,15-16H2,1-2H3. The van der Waals surface area contributed by atoms with Crippen LogP contribution in [0.4, 0.5) is 0 Å². The molecule has 0 saturated heterocycles. The number of rotatable bonds is 7. The Bertz CT molecular complexity index is 810. The third-order valence-corrected chi connectivity index (χ3v) is 4.20. The van der Waals surface area contributed by atoms with E-state index in [1.165, 1.54) is 27.5 Å². The highest BCUT2D eigenvalue weighted by atomic mass is 16.5. The molecule has 0 aliphatic carbocycles. The largest absolute Gasteiger partial charge is 0.489 e. The lowest BCUT2D eigenvalue weighted by atomic mass is 10.0. The van der Waals surface area contributed by atoms with Gasteiger partial charge in [-0.2, -0.15) is 0 Å². The van der Waals surface area contributed by atoms with E-state index in [-0.39, 0.29) is 0 Å². The van der Waals surface area contributed by atoms with E-state index in [0.717, 1.165) is 25.3 Å². The summed E-state index contributed by atoms with van der Waals surface area (Å²) in [5, 5.41) is 6.04. The van der Waals surface area contributed by atoms with Gasteiger partial charge in [-0.3, -0.25) is 0 Å². The van der Waals surface area contributed by atoms with E-state index in [2.05, 4.69) is 79.8 Å².